The molecule has 1 aliphatic rings. The molecule has 1 atom stereocenters. The molecule has 25 heavy (non-hydrogen) atoms. The van der Waals surface area contributed by atoms with Gasteiger partial charge >= 0.3 is 0 Å². The molecule has 1 amide bonds. The van der Waals surface area contributed by atoms with Crippen LogP contribution in [-0.4, -0.2) is 40.1 Å². The van der Waals surface area contributed by atoms with Crippen molar-refractivity contribution in [2.75, 3.05) is 13.1 Å². The Kier molecular flexibility index (Phi) is 4.05. The molecule has 3 heterocycles. The molecule has 6 heteroatoms. The molecule has 0 spiro atoms. The van der Waals surface area contributed by atoms with Crippen LogP contribution in [-0.2, 0) is 6.54 Å². The zero-order valence-corrected chi connectivity index (χ0v) is 14.5. The monoisotopic (exact) mass is 338 g/mol. The molecular formula is C19H22N4O2. The number of fused-ring (bicyclic) bond motifs is 1. The van der Waals surface area contributed by atoms with E-state index in [1.165, 1.54) is 0 Å². The van der Waals surface area contributed by atoms with Crippen LogP contribution < -0.4 is 5.32 Å². The lowest BCUT2D eigenvalue weighted by atomic mass is 10.1. The number of rotatable bonds is 4. The molecule has 1 aromatic carbocycles. The van der Waals surface area contributed by atoms with Gasteiger partial charge < -0.3 is 14.8 Å². The molecule has 0 bridgehead atoms. The predicted octanol–water partition coefficient (Wildman–Crippen LogP) is 2.78. The summed E-state index contributed by atoms with van der Waals surface area (Å²) in [6.45, 7) is 6.54. The Morgan fingerprint density at radius 1 is 1.40 bits per heavy atom. The van der Waals surface area contributed by atoms with E-state index >= 15 is 0 Å². The Morgan fingerprint density at radius 3 is 3.04 bits per heavy atom. The van der Waals surface area contributed by atoms with Gasteiger partial charge in [-0.05, 0) is 26.3 Å². The van der Waals surface area contributed by atoms with Crippen LogP contribution >= 0.6 is 0 Å². The molecule has 0 saturated carbocycles. The maximum atomic E-state index is 12.6. The molecular weight excluding hydrogens is 316 g/mol. The summed E-state index contributed by atoms with van der Waals surface area (Å²) in [7, 11) is 0. The second-order valence-corrected chi connectivity index (χ2v) is 6.74. The fraction of sp³-hybridized carbons (Fsp3) is 0.368. The lowest BCUT2D eigenvalue weighted by molar-refractivity contribution is 0.0939. The van der Waals surface area contributed by atoms with Crippen molar-refractivity contribution in [2.45, 2.75) is 32.9 Å². The third kappa shape index (κ3) is 3.05. The first-order chi connectivity index (χ1) is 12.1. The molecule has 0 radical (unpaired) electrons. The molecule has 4 rings (SSSR count). The van der Waals surface area contributed by atoms with Crippen molar-refractivity contribution in [2.24, 2.45) is 0 Å². The fourth-order valence-corrected chi connectivity index (χ4v) is 3.57. The zero-order chi connectivity index (χ0) is 17.4. The number of H-pyrrole nitrogens is 1. The molecule has 1 aliphatic heterocycles. The van der Waals surface area contributed by atoms with Gasteiger partial charge in [-0.25, -0.2) is 0 Å². The van der Waals surface area contributed by atoms with Gasteiger partial charge in [-0.3, -0.25) is 9.69 Å². The van der Waals surface area contributed by atoms with E-state index in [0.29, 0.717) is 5.56 Å². The molecule has 2 aromatic heterocycles. The van der Waals surface area contributed by atoms with Gasteiger partial charge in [-0.2, -0.15) is 0 Å². The number of para-hydroxylation sites is 1. The van der Waals surface area contributed by atoms with Crippen LogP contribution in [0.15, 0.2) is 35.0 Å². The SMILES string of the molecule is Cc1noc(C)c1CN1CC[C@@H](NC(=O)c2c[nH]c3ccccc23)C1. The average Bonchev–Trinajstić information content (AvgIpc) is 3.30. The van der Waals surface area contributed by atoms with Crippen LogP contribution in [0.1, 0.15) is 33.8 Å². The average molecular weight is 338 g/mol. The molecule has 130 valence electrons. The number of hydrogen-bond acceptors (Lipinski definition) is 4. The number of carbonyl (C=O) groups is 1. The summed E-state index contributed by atoms with van der Waals surface area (Å²) >= 11 is 0. The van der Waals surface area contributed by atoms with Gasteiger partial charge in [0, 0.05) is 48.3 Å². The van der Waals surface area contributed by atoms with Gasteiger partial charge in [-0.1, -0.05) is 23.4 Å². The number of likely N-dealkylation sites (tertiary alicyclic amines) is 1. The van der Waals surface area contributed by atoms with Crippen molar-refractivity contribution in [3.8, 4) is 0 Å². The lowest BCUT2D eigenvalue weighted by Crippen LogP contribution is -2.36. The van der Waals surface area contributed by atoms with Gasteiger partial charge in [0.2, 0.25) is 0 Å². The van der Waals surface area contributed by atoms with Crippen LogP contribution in [0.2, 0.25) is 0 Å². The zero-order valence-electron chi connectivity index (χ0n) is 14.5. The van der Waals surface area contributed by atoms with E-state index in [0.717, 1.165) is 54.0 Å². The van der Waals surface area contributed by atoms with E-state index in [1.807, 2.05) is 38.1 Å². The first kappa shape index (κ1) is 15.9. The maximum Gasteiger partial charge on any atom is 0.253 e. The molecule has 6 nitrogen and oxygen atoms in total. The van der Waals surface area contributed by atoms with Crippen molar-refractivity contribution >= 4 is 16.8 Å². The third-order valence-corrected chi connectivity index (χ3v) is 5.00. The van der Waals surface area contributed by atoms with Crippen LogP contribution in [0.5, 0.6) is 0 Å². The summed E-state index contributed by atoms with van der Waals surface area (Å²) < 4.78 is 5.24. The Hall–Kier alpha value is -2.60. The number of aromatic nitrogens is 2. The van der Waals surface area contributed by atoms with Crippen molar-refractivity contribution in [1.29, 1.82) is 0 Å². The van der Waals surface area contributed by atoms with E-state index in [1.54, 1.807) is 6.20 Å². The highest BCUT2D eigenvalue weighted by Crippen LogP contribution is 2.20. The number of hydrogen-bond donors (Lipinski definition) is 2. The highest BCUT2D eigenvalue weighted by molar-refractivity contribution is 6.06. The third-order valence-electron chi connectivity index (χ3n) is 5.00. The highest BCUT2D eigenvalue weighted by atomic mass is 16.5. The molecule has 0 aliphatic carbocycles. The smallest absolute Gasteiger partial charge is 0.253 e. The van der Waals surface area contributed by atoms with E-state index in [4.69, 9.17) is 4.52 Å². The lowest BCUT2D eigenvalue weighted by Gasteiger charge is -2.16. The highest BCUT2D eigenvalue weighted by Gasteiger charge is 2.26. The summed E-state index contributed by atoms with van der Waals surface area (Å²) in [6.07, 6.45) is 2.74. The maximum absolute atomic E-state index is 12.6. The van der Waals surface area contributed by atoms with E-state index in [-0.39, 0.29) is 11.9 Å². The minimum atomic E-state index is -0.0124. The van der Waals surface area contributed by atoms with Gasteiger partial charge in [0.05, 0.1) is 11.3 Å². The van der Waals surface area contributed by atoms with Crippen molar-refractivity contribution in [3.63, 3.8) is 0 Å². The summed E-state index contributed by atoms with van der Waals surface area (Å²) in [5, 5.41) is 8.15. The second kappa shape index (κ2) is 6.37. The Bertz CT molecular complexity index is 892. The molecule has 1 saturated heterocycles. The van der Waals surface area contributed by atoms with Crippen LogP contribution in [0.3, 0.4) is 0 Å². The summed E-state index contributed by atoms with van der Waals surface area (Å²) in [4.78, 5) is 18.1. The predicted molar refractivity (Wildman–Crippen MR) is 95.4 cm³/mol. The quantitative estimate of drug-likeness (QED) is 0.767. The summed E-state index contributed by atoms with van der Waals surface area (Å²) in [5.74, 6) is 0.866. The van der Waals surface area contributed by atoms with E-state index in [9.17, 15) is 4.79 Å². The number of benzene rings is 1. The number of aryl methyl sites for hydroxylation is 2. The Morgan fingerprint density at radius 2 is 2.24 bits per heavy atom. The number of nitrogens with zero attached hydrogens (tertiary/aromatic N) is 2. The molecule has 1 fully saturated rings. The summed E-state index contributed by atoms with van der Waals surface area (Å²) in [5.41, 5.74) is 3.80. The van der Waals surface area contributed by atoms with Crippen molar-refractivity contribution in [3.05, 3.63) is 53.0 Å². The number of amides is 1. The van der Waals surface area contributed by atoms with E-state index in [2.05, 4.69) is 20.4 Å². The normalized spacial score (nSPS) is 18.1. The largest absolute Gasteiger partial charge is 0.361 e. The fourth-order valence-electron chi connectivity index (χ4n) is 3.57. The van der Waals surface area contributed by atoms with Crippen molar-refractivity contribution < 1.29 is 9.32 Å². The van der Waals surface area contributed by atoms with Gasteiger partial charge in [0.25, 0.3) is 5.91 Å². The first-order valence-electron chi connectivity index (χ1n) is 8.63. The Balaban J connectivity index is 1.40. The topological polar surface area (TPSA) is 74.2 Å². The number of nitrogens with one attached hydrogen (secondary N) is 2. The number of aromatic amines is 1. The summed E-state index contributed by atoms with van der Waals surface area (Å²) in [6, 6.07) is 8.03. The molecule has 2 N–H and O–H groups in total. The minimum Gasteiger partial charge on any atom is -0.361 e. The van der Waals surface area contributed by atoms with E-state index < -0.39 is 0 Å². The standard InChI is InChI=1S/C19H22N4O2/c1-12-17(13(2)25-22-12)11-23-8-7-14(10-23)21-19(24)16-9-20-18-6-4-3-5-15(16)18/h3-6,9,14,20H,7-8,10-11H2,1-2H3,(H,21,24)/t14-/m1/s1. The molecule has 3 aromatic rings. The minimum absolute atomic E-state index is 0.0124. The van der Waals surface area contributed by atoms with Crippen LogP contribution in [0.25, 0.3) is 10.9 Å². The van der Waals surface area contributed by atoms with Crippen LogP contribution in [0.4, 0.5) is 0 Å². The first-order valence-corrected chi connectivity index (χ1v) is 8.63. The van der Waals surface area contributed by atoms with Gasteiger partial charge in [0.1, 0.15) is 5.76 Å². The second-order valence-electron chi connectivity index (χ2n) is 6.74. The van der Waals surface area contributed by atoms with Gasteiger partial charge in [-0.15, -0.1) is 0 Å². The van der Waals surface area contributed by atoms with Gasteiger partial charge in [0.15, 0.2) is 0 Å². The Labute approximate surface area is 146 Å². The number of carbonyl (C=O) groups excluding carboxylic acids is 1. The molecule has 0 unspecified atom stereocenters. The van der Waals surface area contributed by atoms with Crippen molar-refractivity contribution in [1.82, 2.24) is 20.4 Å². The van der Waals surface area contributed by atoms with Crippen LogP contribution in [0, 0.1) is 13.8 Å².